The van der Waals surface area contributed by atoms with Crippen LogP contribution < -0.4 is 5.73 Å². The van der Waals surface area contributed by atoms with Crippen LogP contribution in [0.15, 0.2) is 0 Å². The van der Waals surface area contributed by atoms with E-state index < -0.39 is 5.41 Å². The predicted molar refractivity (Wildman–Crippen MR) is 38.7 cm³/mol. The van der Waals surface area contributed by atoms with Crippen LogP contribution >= 0.6 is 0 Å². The van der Waals surface area contributed by atoms with E-state index in [4.69, 9.17) is 15.2 Å². The zero-order valence-electron chi connectivity index (χ0n) is 6.79. The van der Waals surface area contributed by atoms with Gasteiger partial charge in [0.25, 0.3) is 0 Å². The van der Waals surface area contributed by atoms with Gasteiger partial charge >= 0.3 is 0 Å². The molecule has 1 rings (SSSR count). The highest BCUT2D eigenvalue weighted by atomic mass is 16.7. The maximum absolute atomic E-state index is 10.9. The molecule has 1 fully saturated rings. The van der Waals surface area contributed by atoms with Crippen molar-refractivity contribution in [1.29, 1.82) is 0 Å². The third-order valence-corrected chi connectivity index (χ3v) is 2.06. The summed E-state index contributed by atoms with van der Waals surface area (Å²) in [6.07, 6.45) is -0.194. The summed E-state index contributed by atoms with van der Waals surface area (Å²) in [5.74, 6) is -0.354. The Morgan fingerprint density at radius 2 is 2.27 bits per heavy atom. The molecule has 1 aliphatic heterocycles. The van der Waals surface area contributed by atoms with E-state index in [-0.39, 0.29) is 18.8 Å². The van der Waals surface area contributed by atoms with Gasteiger partial charge in [0.15, 0.2) is 0 Å². The highest BCUT2D eigenvalue weighted by molar-refractivity contribution is 5.80. The van der Waals surface area contributed by atoms with Gasteiger partial charge in [0, 0.05) is 0 Å². The van der Waals surface area contributed by atoms with E-state index in [1.807, 2.05) is 0 Å². The van der Waals surface area contributed by atoms with Crippen LogP contribution in [-0.2, 0) is 14.3 Å². The third-order valence-electron chi connectivity index (χ3n) is 2.06. The van der Waals surface area contributed by atoms with Crippen LogP contribution in [0, 0.1) is 5.41 Å². The molecule has 4 nitrogen and oxygen atoms in total. The van der Waals surface area contributed by atoms with E-state index in [0.29, 0.717) is 6.61 Å². The van der Waals surface area contributed by atoms with Crippen LogP contribution in [0.3, 0.4) is 0 Å². The molecule has 1 aliphatic rings. The molecule has 0 aliphatic carbocycles. The monoisotopic (exact) mass is 159 g/mol. The summed E-state index contributed by atoms with van der Waals surface area (Å²) in [4.78, 5) is 10.9. The van der Waals surface area contributed by atoms with Crippen molar-refractivity contribution in [2.75, 3.05) is 13.4 Å². The Kier molecular flexibility index (Phi) is 2.15. The van der Waals surface area contributed by atoms with Crippen molar-refractivity contribution in [1.82, 2.24) is 0 Å². The fourth-order valence-corrected chi connectivity index (χ4v) is 0.909. The van der Waals surface area contributed by atoms with Gasteiger partial charge in [-0.2, -0.15) is 0 Å². The molecule has 64 valence electrons. The molecule has 2 N–H and O–H groups in total. The first-order valence-electron chi connectivity index (χ1n) is 3.54. The highest BCUT2D eigenvalue weighted by Gasteiger charge is 2.38. The number of carbonyl (C=O) groups is 1. The summed E-state index contributed by atoms with van der Waals surface area (Å²) < 4.78 is 10.1. The Labute approximate surface area is 65.7 Å². The first kappa shape index (κ1) is 8.49. The standard InChI is InChI=1S/C7H13NO3/c1-7(2,6(8)9)5-3-10-4-11-5/h5H,3-4H2,1-2H3,(H2,8,9). The number of hydrogen-bond acceptors (Lipinski definition) is 3. The fraction of sp³-hybridized carbons (Fsp3) is 0.857. The van der Waals surface area contributed by atoms with Gasteiger partial charge in [-0.3, -0.25) is 4.79 Å². The van der Waals surface area contributed by atoms with Crippen LogP contribution in [0.1, 0.15) is 13.8 Å². The van der Waals surface area contributed by atoms with Crippen molar-refractivity contribution in [3.8, 4) is 0 Å². The third kappa shape index (κ3) is 1.52. The average Bonchev–Trinajstić information content (AvgIpc) is 2.37. The largest absolute Gasteiger partial charge is 0.369 e. The molecule has 0 aromatic carbocycles. The number of primary amides is 1. The molecule has 4 heteroatoms. The first-order chi connectivity index (χ1) is 5.05. The number of nitrogens with two attached hydrogens (primary N) is 1. The zero-order chi connectivity index (χ0) is 8.48. The van der Waals surface area contributed by atoms with Crippen molar-refractivity contribution in [2.45, 2.75) is 20.0 Å². The minimum atomic E-state index is -0.628. The molecule has 1 unspecified atom stereocenters. The summed E-state index contributed by atoms with van der Waals surface area (Å²) in [6, 6.07) is 0. The van der Waals surface area contributed by atoms with Crippen molar-refractivity contribution in [3.63, 3.8) is 0 Å². The lowest BCUT2D eigenvalue weighted by molar-refractivity contribution is -0.132. The molecule has 0 aromatic heterocycles. The van der Waals surface area contributed by atoms with Crippen LogP contribution in [0.4, 0.5) is 0 Å². The van der Waals surface area contributed by atoms with Gasteiger partial charge in [-0.05, 0) is 13.8 Å². The van der Waals surface area contributed by atoms with E-state index in [2.05, 4.69) is 0 Å². The lowest BCUT2D eigenvalue weighted by Gasteiger charge is -2.25. The second kappa shape index (κ2) is 2.79. The SMILES string of the molecule is CC(C)(C(N)=O)C1COCO1. The Hall–Kier alpha value is -0.610. The smallest absolute Gasteiger partial charge is 0.225 e. The Morgan fingerprint density at radius 1 is 1.64 bits per heavy atom. The van der Waals surface area contributed by atoms with Gasteiger partial charge in [0.2, 0.25) is 5.91 Å². The van der Waals surface area contributed by atoms with E-state index in [1.165, 1.54) is 0 Å². The van der Waals surface area contributed by atoms with Gasteiger partial charge in [0.1, 0.15) is 6.79 Å². The van der Waals surface area contributed by atoms with Crippen LogP contribution in [0.2, 0.25) is 0 Å². The van der Waals surface area contributed by atoms with E-state index in [9.17, 15) is 4.79 Å². The van der Waals surface area contributed by atoms with Crippen molar-refractivity contribution >= 4 is 5.91 Å². The first-order valence-corrected chi connectivity index (χ1v) is 3.54. The minimum absolute atomic E-state index is 0.194. The topological polar surface area (TPSA) is 61.6 Å². The Morgan fingerprint density at radius 3 is 2.64 bits per heavy atom. The lowest BCUT2D eigenvalue weighted by Crippen LogP contribution is -2.42. The summed E-state index contributed by atoms with van der Waals surface area (Å²) in [7, 11) is 0. The molecule has 0 radical (unpaired) electrons. The molecule has 0 spiro atoms. The quantitative estimate of drug-likeness (QED) is 0.610. The van der Waals surface area contributed by atoms with E-state index >= 15 is 0 Å². The number of rotatable bonds is 2. The molecule has 1 atom stereocenters. The van der Waals surface area contributed by atoms with Crippen LogP contribution in [-0.4, -0.2) is 25.4 Å². The molecule has 0 saturated carbocycles. The average molecular weight is 159 g/mol. The van der Waals surface area contributed by atoms with Crippen molar-refractivity contribution < 1.29 is 14.3 Å². The lowest BCUT2D eigenvalue weighted by atomic mass is 9.86. The fourth-order valence-electron chi connectivity index (χ4n) is 0.909. The van der Waals surface area contributed by atoms with E-state index in [1.54, 1.807) is 13.8 Å². The zero-order valence-corrected chi connectivity index (χ0v) is 6.79. The molecule has 1 saturated heterocycles. The normalized spacial score (nSPS) is 25.5. The van der Waals surface area contributed by atoms with Crippen LogP contribution in [0.5, 0.6) is 0 Å². The maximum atomic E-state index is 10.9. The van der Waals surface area contributed by atoms with Gasteiger partial charge in [-0.1, -0.05) is 0 Å². The summed E-state index contributed by atoms with van der Waals surface area (Å²) >= 11 is 0. The van der Waals surface area contributed by atoms with Crippen molar-refractivity contribution in [3.05, 3.63) is 0 Å². The number of amides is 1. The number of carbonyl (C=O) groups excluding carboxylic acids is 1. The molecular formula is C7H13NO3. The van der Waals surface area contributed by atoms with E-state index in [0.717, 1.165) is 0 Å². The summed E-state index contributed by atoms with van der Waals surface area (Å²) in [5, 5.41) is 0. The minimum Gasteiger partial charge on any atom is -0.369 e. The Balaban J connectivity index is 2.62. The Bertz CT molecular complexity index is 161. The second-order valence-electron chi connectivity index (χ2n) is 3.23. The van der Waals surface area contributed by atoms with Crippen LogP contribution in [0.25, 0.3) is 0 Å². The van der Waals surface area contributed by atoms with Gasteiger partial charge < -0.3 is 15.2 Å². The second-order valence-corrected chi connectivity index (χ2v) is 3.23. The van der Waals surface area contributed by atoms with Gasteiger partial charge in [-0.15, -0.1) is 0 Å². The predicted octanol–water partition coefficient (Wildman–Crippen LogP) is -0.129. The molecule has 11 heavy (non-hydrogen) atoms. The molecule has 0 bridgehead atoms. The number of ether oxygens (including phenoxy) is 2. The molecular weight excluding hydrogens is 146 g/mol. The summed E-state index contributed by atoms with van der Waals surface area (Å²) in [5.41, 5.74) is 4.55. The van der Waals surface area contributed by atoms with Gasteiger partial charge in [-0.25, -0.2) is 0 Å². The maximum Gasteiger partial charge on any atom is 0.225 e. The summed E-state index contributed by atoms with van der Waals surface area (Å²) in [6.45, 7) is 4.24. The molecule has 1 amide bonds. The molecule has 1 heterocycles. The highest BCUT2D eigenvalue weighted by Crippen LogP contribution is 2.25. The number of hydrogen-bond donors (Lipinski definition) is 1. The molecule has 0 aromatic rings. The van der Waals surface area contributed by atoms with Crippen molar-refractivity contribution in [2.24, 2.45) is 11.1 Å². The van der Waals surface area contributed by atoms with Gasteiger partial charge in [0.05, 0.1) is 18.1 Å².